The number of fused-ring (bicyclic) bond motifs is 1. The van der Waals surface area contributed by atoms with Gasteiger partial charge in [-0.3, -0.25) is 0 Å². The zero-order valence-electron chi connectivity index (χ0n) is 15.6. The van der Waals surface area contributed by atoms with Gasteiger partial charge in [0, 0.05) is 12.0 Å². The summed E-state index contributed by atoms with van der Waals surface area (Å²) in [6, 6.07) is 26.9. The molecule has 0 radical (unpaired) electrons. The second kappa shape index (κ2) is 8.74. The smallest absolute Gasteiger partial charge is 0.137 e. The molecule has 0 aliphatic carbocycles. The van der Waals surface area contributed by atoms with Crippen LogP contribution in [0.15, 0.2) is 78.9 Å². The number of nitrogens with one attached hydrogen (secondary N) is 1. The van der Waals surface area contributed by atoms with Crippen LogP contribution >= 0.6 is 0 Å². The van der Waals surface area contributed by atoms with Crippen LogP contribution in [0.3, 0.4) is 0 Å². The third kappa shape index (κ3) is 4.89. The fraction of sp³-hybridized carbons (Fsp3) is 0.250. The van der Waals surface area contributed by atoms with Crippen molar-refractivity contribution in [2.24, 2.45) is 0 Å². The summed E-state index contributed by atoms with van der Waals surface area (Å²) >= 11 is 0. The molecule has 1 aliphatic heterocycles. The minimum absolute atomic E-state index is 0.584. The molecule has 1 heterocycles. The lowest BCUT2D eigenvalue weighted by molar-refractivity contribution is -0.915. The topological polar surface area (TPSA) is 22.9 Å². The van der Waals surface area contributed by atoms with Gasteiger partial charge in [-0.1, -0.05) is 54.6 Å². The lowest BCUT2D eigenvalue weighted by atomic mass is 10.0. The van der Waals surface area contributed by atoms with Crippen LogP contribution in [-0.4, -0.2) is 19.7 Å². The van der Waals surface area contributed by atoms with Crippen LogP contribution in [-0.2, 0) is 19.6 Å². The Morgan fingerprint density at radius 2 is 1.37 bits per heavy atom. The molecule has 0 amide bonds. The van der Waals surface area contributed by atoms with Crippen LogP contribution in [0.1, 0.15) is 16.7 Å². The number of rotatable bonds is 7. The maximum absolute atomic E-state index is 5.94. The molecular weight excluding hydrogens is 334 g/mol. The molecule has 0 bridgehead atoms. The fourth-order valence-corrected chi connectivity index (χ4v) is 3.54. The van der Waals surface area contributed by atoms with Gasteiger partial charge in [0.25, 0.3) is 0 Å². The molecule has 0 fully saturated rings. The van der Waals surface area contributed by atoms with E-state index < -0.39 is 0 Å². The highest BCUT2D eigenvalue weighted by Gasteiger charge is 2.18. The molecule has 1 aliphatic rings. The average Bonchev–Trinajstić information content (AvgIpc) is 2.74. The van der Waals surface area contributed by atoms with E-state index in [1.54, 1.807) is 4.90 Å². The molecule has 3 heteroatoms. The Kier molecular flexibility index (Phi) is 5.70. The lowest BCUT2D eigenvalue weighted by Crippen LogP contribution is -3.12. The maximum Gasteiger partial charge on any atom is 0.137 e. The third-order valence-electron chi connectivity index (χ3n) is 5.10. The standard InChI is InChI=1S/C24H25NO2/c1-2-6-20(7-3-1)19-27-24-12-10-23(11-13-24)26-17-16-25-15-14-21-8-4-5-9-22(21)18-25/h1-13H,14-19H2/p+1. The number of benzene rings is 3. The second-order valence-electron chi connectivity index (χ2n) is 7.04. The second-order valence-corrected chi connectivity index (χ2v) is 7.04. The van der Waals surface area contributed by atoms with Crippen LogP contribution in [0.4, 0.5) is 0 Å². The van der Waals surface area contributed by atoms with Gasteiger partial charge in [-0.25, -0.2) is 0 Å². The first kappa shape index (κ1) is 17.6. The average molecular weight is 360 g/mol. The zero-order valence-corrected chi connectivity index (χ0v) is 15.6. The molecular formula is C24H26NO2+. The first-order valence-corrected chi connectivity index (χ1v) is 9.67. The van der Waals surface area contributed by atoms with E-state index in [9.17, 15) is 0 Å². The minimum Gasteiger partial charge on any atom is -0.489 e. The Bertz CT molecular complexity index is 846. The van der Waals surface area contributed by atoms with Gasteiger partial charge in [0.15, 0.2) is 0 Å². The minimum atomic E-state index is 0.584. The van der Waals surface area contributed by atoms with Crippen LogP contribution < -0.4 is 14.4 Å². The summed E-state index contributed by atoms with van der Waals surface area (Å²) in [6.07, 6.45) is 1.17. The normalized spacial score (nSPS) is 15.8. The maximum atomic E-state index is 5.94. The predicted octanol–water partition coefficient (Wildman–Crippen LogP) is 3.29. The van der Waals surface area contributed by atoms with E-state index >= 15 is 0 Å². The van der Waals surface area contributed by atoms with Crippen LogP contribution in [0.25, 0.3) is 0 Å². The van der Waals surface area contributed by atoms with E-state index in [0.717, 1.165) is 31.2 Å². The van der Waals surface area contributed by atoms with E-state index in [-0.39, 0.29) is 0 Å². The van der Waals surface area contributed by atoms with Gasteiger partial charge in [0.05, 0.1) is 6.54 Å². The van der Waals surface area contributed by atoms with E-state index in [1.807, 2.05) is 42.5 Å². The van der Waals surface area contributed by atoms with Crippen molar-refractivity contribution in [1.29, 1.82) is 0 Å². The fourth-order valence-electron chi connectivity index (χ4n) is 3.54. The summed E-state index contributed by atoms with van der Waals surface area (Å²) in [5.41, 5.74) is 4.16. The van der Waals surface area contributed by atoms with Crippen molar-refractivity contribution in [2.45, 2.75) is 19.6 Å². The molecule has 0 spiro atoms. The van der Waals surface area contributed by atoms with Crippen molar-refractivity contribution >= 4 is 0 Å². The Labute approximate surface area is 161 Å². The third-order valence-corrected chi connectivity index (χ3v) is 5.10. The Morgan fingerprint density at radius 3 is 2.15 bits per heavy atom. The van der Waals surface area contributed by atoms with Gasteiger partial charge in [-0.05, 0) is 35.4 Å². The summed E-state index contributed by atoms with van der Waals surface area (Å²) in [7, 11) is 0. The molecule has 1 unspecified atom stereocenters. The van der Waals surface area contributed by atoms with Gasteiger partial charge in [-0.2, -0.15) is 0 Å². The van der Waals surface area contributed by atoms with Gasteiger partial charge >= 0.3 is 0 Å². The van der Waals surface area contributed by atoms with E-state index in [0.29, 0.717) is 6.61 Å². The van der Waals surface area contributed by atoms with Crippen molar-refractivity contribution in [1.82, 2.24) is 0 Å². The van der Waals surface area contributed by atoms with Crippen molar-refractivity contribution in [2.75, 3.05) is 19.7 Å². The number of hydrogen-bond donors (Lipinski definition) is 1. The van der Waals surface area contributed by atoms with E-state index in [1.165, 1.54) is 29.7 Å². The van der Waals surface area contributed by atoms with Crippen LogP contribution in [0.5, 0.6) is 11.5 Å². The first-order valence-electron chi connectivity index (χ1n) is 9.67. The molecule has 3 aromatic carbocycles. The number of quaternary nitrogens is 1. The summed E-state index contributed by atoms with van der Waals surface area (Å²) in [6.45, 7) is 4.64. The molecule has 0 saturated heterocycles. The number of ether oxygens (including phenoxy) is 2. The van der Waals surface area contributed by atoms with Crippen LogP contribution in [0, 0.1) is 0 Å². The van der Waals surface area contributed by atoms with Crippen molar-refractivity contribution in [3.63, 3.8) is 0 Å². The molecule has 1 N–H and O–H groups in total. The molecule has 4 rings (SSSR count). The van der Waals surface area contributed by atoms with Crippen molar-refractivity contribution in [3.05, 3.63) is 95.6 Å². The highest BCUT2D eigenvalue weighted by molar-refractivity contribution is 5.31. The van der Waals surface area contributed by atoms with Gasteiger partial charge < -0.3 is 14.4 Å². The summed E-state index contributed by atoms with van der Waals surface area (Å²) in [4.78, 5) is 1.59. The highest BCUT2D eigenvalue weighted by Crippen LogP contribution is 2.18. The van der Waals surface area contributed by atoms with Crippen molar-refractivity contribution < 1.29 is 14.4 Å². The molecule has 138 valence electrons. The van der Waals surface area contributed by atoms with E-state index in [4.69, 9.17) is 9.47 Å². The first-order chi connectivity index (χ1) is 13.4. The summed E-state index contributed by atoms with van der Waals surface area (Å²) < 4.78 is 11.8. The largest absolute Gasteiger partial charge is 0.489 e. The highest BCUT2D eigenvalue weighted by atomic mass is 16.5. The number of hydrogen-bond acceptors (Lipinski definition) is 2. The quantitative estimate of drug-likeness (QED) is 0.699. The molecule has 3 aromatic rings. The Hall–Kier alpha value is -2.78. The van der Waals surface area contributed by atoms with Crippen LogP contribution in [0.2, 0.25) is 0 Å². The van der Waals surface area contributed by atoms with Crippen molar-refractivity contribution in [3.8, 4) is 11.5 Å². The Morgan fingerprint density at radius 1 is 0.704 bits per heavy atom. The summed E-state index contributed by atoms with van der Waals surface area (Å²) in [5, 5.41) is 0. The molecule has 27 heavy (non-hydrogen) atoms. The summed E-state index contributed by atoms with van der Waals surface area (Å²) in [5.74, 6) is 1.77. The lowest BCUT2D eigenvalue weighted by Gasteiger charge is -2.25. The monoisotopic (exact) mass is 360 g/mol. The molecule has 1 atom stereocenters. The molecule has 0 saturated carbocycles. The molecule has 3 nitrogen and oxygen atoms in total. The van der Waals surface area contributed by atoms with Gasteiger partial charge in [0.2, 0.25) is 0 Å². The Balaban J connectivity index is 1.21. The SMILES string of the molecule is c1ccc(COc2ccc(OCC[NH+]3CCc4ccccc4C3)cc2)cc1. The predicted molar refractivity (Wildman–Crippen MR) is 107 cm³/mol. The van der Waals surface area contributed by atoms with E-state index in [2.05, 4.69) is 36.4 Å². The zero-order chi connectivity index (χ0) is 18.3. The molecule has 0 aromatic heterocycles. The van der Waals surface area contributed by atoms with Gasteiger partial charge in [-0.15, -0.1) is 0 Å². The van der Waals surface area contributed by atoms with Gasteiger partial charge in [0.1, 0.15) is 37.8 Å².